The molecule has 0 heterocycles. The number of rotatable bonds is 9. The van der Waals surface area contributed by atoms with E-state index in [1.54, 1.807) is 21.3 Å². The molecule has 1 atom stereocenters. The molecule has 0 fully saturated rings. The molecule has 1 aromatic rings. The predicted octanol–water partition coefficient (Wildman–Crippen LogP) is 1.82. The lowest BCUT2D eigenvalue weighted by Gasteiger charge is -2.17. The van der Waals surface area contributed by atoms with Crippen molar-refractivity contribution in [2.45, 2.75) is 19.9 Å². The Morgan fingerprint density at radius 3 is 2.15 bits per heavy atom. The molecule has 0 aromatic heterocycles. The van der Waals surface area contributed by atoms with Gasteiger partial charge in [0.1, 0.15) is 17.2 Å². The number of nitrogens with one attached hydrogen (secondary N) is 1. The number of aliphatic hydroxyl groups is 1. The standard InChI is InChI=1S/C15H25NO4/c1-11(5-6-17)9-16-10-13-14(19-3)7-12(18-2)8-15(13)20-4/h7-8,11,16-17H,5-6,9-10H2,1-4H3. The maximum absolute atomic E-state index is 8.89. The van der Waals surface area contributed by atoms with E-state index in [0.717, 1.165) is 30.0 Å². The van der Waals surface area contributed by atoms with Crippen LogP contribution >= 0.6 is 0 Å². The summed E-state index contributed by atoms with van der Waals surface area (Å²) in [7, 11) is 4.88. The lowest BCUT2D eigenvalue weighted by molar-refractivity contribution is 0.260. The molecule has 114 valence electrons. The van der Waals surface area contributed by atoms with E-state index in [4.69, 9.17) is 19.3 Å². The van der Waals surface area contributed by atoms with Crippen LogP contribution in [0.4, 0.5) is 0 Å². The minimum Gasteiger partial charge on any atom is -0.496 e. The van der Waals surface area contributed by atoms with Crippen LogP contribution < -0.4 is 19.5 Å². The van der Waals surface area contributed by atoms with Gasteiger partial charge in [-0.25, -0.2) is 0 Å². The second kappa shape index (κ2) is 8.66. The first-order valence-corrected chi connectivity index (χ1v) is 6.76. The van der Waals surface area contributed by atoms with Crippen molar-refractivity contribution in [3.63, 3.8) is 0 Å². The highest BCUT2D eigenvalue weighted by atomic mass is 16.5. The number of aliphatic hydroxyl groups excluding tert-OH is 1. The third kappa shape index (κ3) is 4.58. The van der Waals surface area contributed by atoms with Crippen molar-refractivity contribution in [1.29, 1.82) is 0 Å². The molecule has 0 spiro atoms. The van der Waals surface area contributed by atoms with Gasteiger partial charge < -0.3 is 24.6 Å². The molecular formula is C15H25NO4. The first-order valence-electron chi connectivity index (χ1n) is 6.76. The Labute approximate surface area is 120 Å². The number of methoxy groups -OCH3 is 3. The van der Waals surface area contributed by atoms with Gasteiger partial charge in [0.15, 0.2) is 0 Å². The Kier molecular flexibility index (Phi) is 7.18. The molecule has 0 aliphatic heterocycles. The van der Waals surface area contributed by atoms with Gasteiger partial charge in [0.2, 0.25) is 0 Å². The lowest BCUT2D eigenvalue weighted by atomic mass is 10.1. The summed E-state index contributed by atoms with van der Waals surface area (Å²) in [5, 5.41) is 12.3. The van der Waals surface area contributed by atoms with E-state index in [0.29, 0.717) is 18.2 Å². The fourth-order valence-corrected chi connectivity index (χ4v) is 2.02. The van der Waals surface area contributed by atoms with E-state index in [2.05, 4.69) is 12.2 Å². The average Bonchev–Trinajstić information content (AvgIpc) is 2.47. The Bertz CT molecular complexity index is 384. The Hall–Kier alpha value is -1.46. The van der Waals surface area contributed by atoms with Crippen LogP contribution in [0.15, 0.2) is 12.1 Å². The Balaban J connectivity index is 2.77. The molecule has 0 bridgehead atoms. The quantitative estimate of drug-likeness (QED) is 0.724. The van der Waals surface area contributed by atoms with Crippen molar-refractivity contribution in [3.05, 3.63) is 17.7 Å². The van der Waals surface area contributed by atoms with Crippen molar-refractivity contribution in [2.24, 2.45) is 5.92 Å². The average molecular weight is 283 g/mol. The van der Waals surface area contributed by atoms with Crippen LogP contribution in [0.3, 0.4) is 0 Å². The van der Waals surface area contributed by atoms with Gasteiger partial charge in [-0.1, -0.05) is 6.92 Å². The fraction of sp³-hybridized carbons (Fsp3) is 0.600. The monoisotopic (exact) mass is 283 g/mol. The van der Waals surface area contributed by atoms with Gasteiger partial charge in [-0.2, -0.15) is 0 Å². The summed E-state index contributed by atoms with van der Waals surface area (Å²) >= 11 is 0. The molecule has 0 saturated heterocycles. The Morgan fingerprint density at radius 1 is 1.10 bits per heavy atom. The van der Waals surface area contributed by atoms with Gasteiger partial charge in [0.25, 0.3) is 0 Å². The van der Waals surface area contributed by atoms with Gasteiger partial charge in [0, 0.05) is 25.3 Å². The topological polar surface area (TPSA) is 60.0 Å². The molecule has 0 aliphatic carbocycles. The van der Waals surface area contributed by atoms with Crippen LogP contribution in [0.5, 0.6) is 17.2 Å². The molecule has 0 saturated carbocycles. The summed E-state index contributed by atoms with van der Waals surface area (Å²) in [4.78, 5) is 0. The third-order valence-electron chi connectivity index (χ3n) is 3.23. The van der Waals surface area contributed by atoms with E-state index in [9.17, 15) is 0 Å². The summed E-state index contributed by atoms with van der Waals surface area (Å²) in [6, 6.07) is 3.69. The lowest BCUT2D eigenvalue weighted by Crippen LogP contribution is -2.22. The van der Waals surface area contributed by atoms with E-state index in [1.165, 1.54) is 0 Å². The maximum atomic E-state index is 8.89. The highest BCUT2D eigenvalue weighted by Crippen LogP contribution is 2.33. The predicted molar refractivity (Wildman–Crippen MR) is 78.7 cm³/mol. The van der Waals surface area contributed by atoms with Gasteiger partial charge in [-0.15, -0.1) is 0 Å². The van der Waals surface area contributed by atoms with E-state index < -0.39 is 0 Å². The molecule has 0 amide bonds. The fourth-order valence-electron chi connectivity index (χ4n) is 2.02. The number of hydrogen-bond donors (Lipinski definition) is 2. The van der Waals surface area contributed by atoms with Crippen LogP contribution in [0, 0.1) is 5.92 Å². The van der Waals surface area contributed by atoms with Crippen LogP contribution in [0.2, 0.25) is 0 Å². The molecule has 20 heavy (non-hydrogen) atoms. The first kappa shape index (κ1) is 16.6. The molecule has 0 aliphatic rings. The highest BCUT2D eigenvalue weighted by molar-refractivity contribution is 5.50. The summed E-state index contributed by atoms with van der Waals surface area (Å²) in [5.41, 5.74) is 0.965. The van der Waals surface area contributed by atoms with Crippen LogP contribution in [-0.2, 0) is 6.54 Å². The second-order valence-corrected chi connectivity index (χ2v) is 4.76. The summed E-state index contributed by atoms with van der Waals surface area (Å²) in [6.45, 7) is 3.80. The van der Waals surface area contributed by atoms with E-state index >= 15 is 0 Å². The molecular weight excluding hydrogens is 258 g/mol. The molecule has 0 radical (unpaired) electrons. The summed E-state index contributed by atoms with van der Waals surface area (Å²) in [5.74, 6) is 2.61. The van der Waals surface area contributed by atoms with Crippen molar-refractivity contribution < 1.29 is 19.3 Å². The molecule has 2 N–H and O–H groups in total. The van der Waals surface area contributed by atoms with Crippen molar-refractivity contribution in [2.75, 3.05) is 34.5 Å². The highest BCUT2D eigenvalue weighted by Gasteiger charge is 2.13. The van der Waals surface area contributed by atoms with E-state index in [-0.39, 0.29) is 6.61 Å². The van der Waals surface area contributed by atoms with E-state index in [1.807, 2.05) is 12.1 Å². The maximum Gasteiger partial charge on any atom is 0.130 e. The summed E-state index contributed by atoms with van der Waals surface area (Å²) in [6.07, 6.45) is 0.796. The molecule has 5 heteroatoms. The smallest absolute Gasteiger partial charge is 0.130 e. The van der Waals surface area contributed by atoms with Gasteiger partial charge in [0.05, 0.1) is 26.9 Å². The van der Waals surface area contributed by atoms with Gasteiger partial charge in [-0.05, 0) is 18.9 Å². The van der Waals surface area contributed by atoms with Gasteiger partial charge >= 0.3 is 0 Å². The minimum absolute atomic E-state index is 0.220. The SMILES string of the molecule is COc1cc(OC)c(CNCC(C)CCO)c(OC)c1. The minimum atomic E-state index is 0.220. The Morgan fingerprint density at radius 2 is 1.70 bits per heavy atom. The van der Waals surface area contributed by atoms with Crippen molar-refractivity contribution in [1.82, 2.24) is 5.32 Å². The zero-order valence-electron chi connectivity index (χ0n) is 12.7. The number of benzene rings is 1. The first-order chi connectivity index (χ1) is 9.65. The van der Waals surface area contributed by atoms with Crippen molar-refractivity contribution >= 4 is 0 Å². The van der Waals surface area contributed by atoms with Gasteiger partial charge in [-0.3, -0.25) is 0 Å². The molecule has 1 rings (SSSR count). The third-order valence-corrected chi connectivity index (χ3v) is 3.23. The largest absolute Gasteiger partial charge is 0.496 e. The van der Waals surface area contributed by atoms with Crippen molar-refractivity contribution in [3.8, 4) is 17.2 Å². The normalized spacial score (nSPS) is 12.1. The number of ether oxygens (including phenoxy) is 3. The van der Waals surface area contributed by atoms with Crippen LogP contribution in [0.1, 0.15) is 18.9 Å². The zero-order valence-corrected chi connectivity index (χ0v) is 12.7. The van der Waals surface area contributed by atoms with Crippen LogP contribution in [0.25, 0.3) is 0 Å². The second-order valence-electron chi connectivity index (χ2n) is 4.76. The molecule has 1 unspecified atom stereocenters. The molecule has 1 aromatic carbocycles. The molecule has 5 nitrogen and oxygen atoms in total. The summed E-state index contributed by atoms with van der Waals surface area (Å²) < 4.78 is 16.0. The number of hydrogen-bond acceptors (Lipinski definition) is 5. The zero-order chi connectivity index (χ0) is 15.0. The van der Waals surface area contributed by atoms with Crippen LogP contribution in [-0.4, -0.2) is 39.6 Å².